The van der Waals surface area contributed by atoms with Crippen LogP contribution in [0.3, 0.4) is 0 Å². The number of benzene rings is 1. The maximum absolute atomic E-state index is 13.1. The minimum absolute atomic E-state index is 0.177. The zero-order chi connectivity index (χ0) is 18.4. The van der Waals surface area contributed by atoms with E-state index in [1.807, 2.05) is 13.8 Å². The molecule has 0 heterocycles. The standard InChI is InChI=1S/C17H28FN3O2S/c1-6-19-16(21-12-17(3,4)24(5,22)23)20-10-9-14-7-8-15(18)11-13(14)2/h7-8,11H,6,9-10,12H2,1-5H3,(H2,19,20,21). The molecule has 0 aromatic heterocycles. The molecule has 0 atom stereocenters. The summed E-state index contributed by atoms with van der Waals surface area (Å²) in [5, 5.41) is 6.29. The SMILES string of the molecule is CCNC(=NCC(C)(C)S(C)(=O)=O)NCCc1ccc(F)cc1C. The third-order valence-corrected chi connectivity index (χ3v) is 6.09. The molecule has 0 saturated carbocycles. The number of guanidine groups is 1. The Bertz CT molecular complexity index is 685. The van der Waals surface area contributed by atoms with Crippen molar-refractivity contribution in [2.75, 3.05) is 25.9 Å². The van der Waals surface area contributed by atoms with Crippen molar-refractivity contribution in [3.8, 4) is 0 Å². The Morgan fingerprint density at radius 2 is 1.96 bits per heavy atom. The van der Waals surface area contributed by atoms with Crippen LogP contribution in [0.2, 0.25) is 0 Å². The monoisotopic (exact) mass is 357 g/mol. The van der Waals surface area contributed by atoms with Gasteiger partial charge in [-0.2, -0.15) is 0 Å². The lowest BCUT2D eigenvalue weighted by molar-refractivity contribution is 0.554. The molecule has 0 aliphatic carbocycles. The smallest absolute Gasteiger partial charge is 0.191 e. The Hall–Kier alpha value is -1.63. The predicted octanol–water partition coefficient (Wildman–Crippen LogP) is 2.05. The van der Waals surface area contributed by atoms with Gasteiger partial charge in [0, 0.05) is 19.3 Å². The van der Waals surface area contributed by atoms with Crippen LogP contribution in [0.1, 0.15) is 31.9 Å². The minimum atomic E-state index is -3.18. The molecule has 136 valence electrons. The third kappa shape index (κ3) is 6.11. The second-order valence-electron chi connectivity index (χ2n) is 6.47. The van der Waals surface area contributed by atoms with E-state index in [0.29, 0.717) is 19.0 Å². The summed E-state index contributed by atoms with van der Waals surface area (Å²) in [6, 6.07) is 4.75. The average molecular weight is 357 g/mol. The van der Waals surface area contributed by atoms with E-state index in [4.69, 9.17) is 0 Å². The molecule has 0 aliphatic rings. The number of hydrogen-bond acceptors (Lipinski definition) is 3. The molecular formula is C17H28FN3O2S. The summed E-state index contributed by atoms with van der Waals surface area (Å²) in [5.74, 6) is 0.344. The zero-order valence-electron chi connectivity index (χ0n) is 15.1. The first-order chi connectivity index (χ1) is 11.1. The Morgan fingerprint density at radius 3 is 2.50 bits per heavy atom. The minimum Gasteiger partial charge on any atom is -0.357 e. The van der Waals surface area contributed by atoms with Crippen LogP contribution < -0.4 is 10.6 Å². The molecule has 0 radical (unpaired) electrons. The van der Waals surface area contributed by atoms with Gasteiger partial charge in [0.25, 0.3) is 0 Å². The van der Waals surface area contributed by atoms with E-state index in [2.05, 4.69) is 15.6 Å². The molecule has 5 nitrogen and oxygen atoms in total. The summed E-state index contributed by atoms with van der Waals surface area (Å²) in [4.78, 5) is 4.37. The van der Waals surface area contributed by atoms with Gasteiger partial charge in [-0.05, 0) is 57.4 Å². The van der Waals surface area contributed by atoms with Crippen LogP contribution in [-0.4, -0.2) is 45.0 Å². The Kier molecular flexibility index (Phi) is 7.20. The molecule has 0 amide bonds. The normalized spacial score (nSPS) is 13.0. The number of rotatable bonds is 7. The fraction of sp³-hybridized carbons (Fsp3) is 0.588. The van der Waals surface area contributed by atoms with Gasteiger partial charge in [0.1, 0.15) is 5.82 Å². The molecule has 0 bridgehead atoms. The summed E-state index contributed by atoms with van der Waals surface area (Å²) in [5.41, 5.74) is 1.98. The first-order valence-corrected chi connectivity index (χ1v) is 9.93. The lowest BCUT2D eigenvalue weighted by atomic mass is 10.1. The van der Waals surface area contributed by atoms with Crippen LogP contribution in [0.15, 0.2) is 23.2 Å². The van der Waals surface area contributed by atoms with E-state index in [-0.39, 0.29) is 12.4 Å². The zero-order valence-corrected chi connectivity index (χ0v) is 15.9. The largest absolute Gasteiger partial charge is 0.357 e. The van der Waals surface area contributed by atoms with Gasteiger partial charge in [-0.1, -0.05) is 6.07 Å². The number of halogens is 1. The van der Waals surface area contributed by atoms with Gasteiger partial charge in [-0.15, -0.1) is 0 Å². The van der Waals surface area contributed by atoms with Gasteiger partial charge in [0.15, 0.2) is 15.8 Å². The average Bonchev–Trinajstić information content (AvgIpc) is 2.45. The first-order valence-electron chi connectivity index (χ1n) is 8.03. The van der Waals surface area contributed by atoms with Crippen LogP contribution in [0.25, 0.3) is 0 Å². The van der Waals surface area contributed by atoms with Crippen LogP contribution in [0.5, 0.6) is 0 Å². The van der Waals surface area contributed by atoms with Crippen LogP contribution >= 0.6 is 0 Å². The van der Waals surface area contributed by atoms with Crippen molar-refractivity contribution in [2.24, 2.45) is 4.99 Å². The molecule has 2 N–H and O–H groups in total. The number of nitrogens with zero attached hydrogens (tertiary/aromatic N) is 1. The number of hydrogen-bond donors (Lipinski definition) is 2. The van der Waals surface area contributed by atoms with Gasteiger partial charge in [-0.25, -0.2) is 12.8 Å². The second kappa shape index (κ2) is 8.46. The van der Waals surface area contributed by atoms with E-state index in [0.717, 1.165) is 17.5 Å². The lowest BCUT2D eigenvalue weighted by Crippen LogP contribution is -2.41. The van der Waals surface area contributed by atoms with Crippen LogP contribution in [0.4, 0.5) is 4.39 Å². The van der Waals surface area contributed by atoms with Crippen molar-refractivity contribution >= 4 is 15.8 Å². The molecule has 0 aliphatic heterocycles. The molecule has 7 heteroatoms. The fourth-order valence-electron chi connectivity index (χ4n) is 1.98. The molecule has 0 fully saturated rings. The van der Waals surface area contributed by atoms with Gasteiger partial charge in [0.2, 0.25) is 0 Å². The first kappa shape index (κ1) is 20.4. The molecule has 1 aromatic rings. The van der Waals surface area contributed by atoms with Gasteiger partial charge in [-0.3, -0.25) is 4.99 Å². The quantitative estimate of drug-likeness (QED) is 0.579. The maximum Gasteiger partial charge on any atom is 0.191 e. The van der Waals surface area contributed by atoms with Crippen molar-refractivity contribution in [3.63, 3.8) is 0 Å². The molecule has 0 unspecified atom stereocenters. The van der Waals surface area contributed by atoms with Crippen molar-refractivity contribution in [1.29, 1.82) is 0 Å². The van der Waals surface area contributed by atoms with Crippen LogP contribution in [-0.2, 0) is 16.3 Å². The molecule has 1 aromatic carbocycles. The topological polar surface area (TPSA) is 70.6 Å². The van der Waals surface area contributed by atoms with Crippen LogP contribution in [0, 0.1) is 12.7 Å². The maximum atomic E-state index is 13.1. The van der Waals surface area contributed by atoms with E-state index in [1.165, 1.54) is 18.4 Å². The van der Waals surface area contributed by atoms with Crippen molar-refractivity contribution < 1.29 is 12.8 Å². The fourth-order valence-corrected chi connectivity index (χ4v) is 2.28. The van der Waals surface area contributed by atoms with Crippen molar-refractivity contribution in [3.05, 3.63) is 35.1 Å². The van der Waals surface area contributed by atoms with Gasteiger partial charge >= 0.3 is 0 Å². The highest BCUT2D eigenvalue weighted by Gasteiger charge is 2.29. The van der Waals surface area contributed by atoms with E-state index >= 15 is 0 Å². The number of sulfone groups is 1. The highest BCUT2D eigenvalue weighted by Crippen LogP contribution is 2.15. The summed E-state index contributed by atoms with van der Waals surface area (Å²) in [6.07, 6.45) is 1.95. The van der Waals surface area contributed by atoms with Crippen molar-refractivity contribution in [2.45, 2.75) is 38.9 Å². The summed E-state index contributed by atoms with van der Waals surface area (Å²) < 4.78 is 35.7. The molecule has 24 heavy (non-hydrogen) atoms. The highest BCUT2D eigenvalue weighted by atomic mass is 32.2. The van der Waals surface area contributed by atoms with Gasteiger partial charge < -0.3 is 10.6 Å². The molecule has 0 spiro atoms. The van der Waals surface area contributed by atoms with E-state index in [1.54, 1.807) is 19.9 Å². The highest BCUT2D eigenvalue weighted by molar-refractivity contribution is 7.92. The molecular weight excluding hydrogens is 329 g/mol. The molecule has 1 rings (SSSR count). The number of aryl methyl sites for hydroxylation is 1. The third-order valence-electron chi connectivity index (χ3n) is 3.96. The molecule has 0 saturated heterocycles. The Balaban J connectivity index is 2.67. The Labute approximate surface area is 144 Å². The van der Waals surface area contributed by atoms with Crippen molar-refractivity contribution in [1.82, 2.24) is 10.6 Å². The summed E-state index contributed by atoms with van der Waals surface area (Å²) in [6.45, 7) is 8.64. The lowest BCUT2D eigenvalue weighted by Gasteiger charge is -2.21. The van der Waals surface area contributed by atoms with E-state index in [9.17, 15) is 12.8 Å². The van der Waals surface area contributed by atoms with E-state index < -0.39 is 14.6 Å². The summed E-state index contributed by atoms with van der Waals surface area (Å²) in [7, 11) is -3.18. The number of nitrogens with one attached hydrogen (secondary N) is 2. The number of aliphatic imine (C=N–C) groups is 1. The second-order valence-corrected chi connectivity index (χ2v) is 9.12. The van der Waals surface area contributed by atoms with Gasteiger partial charge in [0.05, 0.1) is 11.3 Å². The Morgan fingerprint density at radius 1 is 1.29 bits per heavy atom. The predicted molar refractivity (Wildman–Crippen MR) is 97.7 cm³/mol. The summed E-state index contributed by atoms with van der Waals surface area (Å²) >= 11 is 0.